The number of likely N-dealkylation sites (tertiary alicyclic amines) is 1. The van der Waals surface area contributed by atoms with E-state index in [1.807, 2.05) is 6.07 Å². The maximum Gasteiger partial charge on any atom is 0.169 e. The number of rotatable bonds is 4. The summed E-state index contributed by atoms with van der Waals surface area (Å²) in [5.74, 6) is 1.14. The molecule has 0 amide bonds. The van der Waals surface area contributed by atoms with Crippen LogP contribution >= 0.6 is 0 Å². The first-order valence-electron chi connectivity index (χ1n) is 11.8. The molecule has 0 bridgehead atoms. The Morgan fingerprint density at radius 2 is 1.84 bits per heavy atom. The van der Waals surface area contributed by atoms with Gasteiger partial charge in [0, 0.05) is 24.3 Å². The Morgan fingerprint density at radius 3 is 2.61 bits per heavy atom. The van der Waals surface area contributed by atoms with Gasteiger partial charge in [0.15, 0.2) is 5.79 Å². The topological polar surface area (TPSA) is 30.9 Å². The molecule has 0 radical (unpaired) electrons. The standard InChI is InChI=1S/C27H35NO3/c1-20-9-10-23(29-18-22-7-5-4-6-8-22)17-25(20)26-13-14-28(3)21(2)24(26)11-12-27(19-26)30-15-16-31-27/h4-10,17,21,24H,11-16,18-19H2,1-3H3/t21?,24?,26-/m0/s1. The second-order valence-electron chi connectivity index (χ2n) is 9.81. The van der Waals surface area contributed by atoms with Gasteiger partial charge in [-0.1, -0.05) is 36.4 Å². The second-order valence-corrected chi connectivity index (χ2v) is 9.81. The van der Waals surface area contributed by atoms with Gasteiger partial charge >= 0.3 is 0 Å². The van der Waals surface area contributed by atoms with Gasteiger partial charge < -0.3 is 19.1 Å². The highest BCUT2D eigenvalue weighted by molar-refractivity contribution is 5.42. The van der Waals surface area contributed by atoms with E-state index in [9.17, 15) is 0 Å². The fourth-order valence-corrected chi connectivity index (χ4v) is 6.36. The van der Waals surface area contributed by atoms with Crippen molar-refractivity contribution in [3.8, 4) is 5.75 Å². The van der Waals surface area contributed by atoms with E-state index < -0.39 is 5.79 Å². The van der Waals surface area contributed by atoms with E-state index >= 15 is 0 Å². The average Bonchev–Trinajstić information content (AvgIpc) is 3.24. The van der Waals surface area contributed by atoms with Gasteiger partial charge in [0.05, 0.1) is 13.2 Å². The Morgan fingerprint density at radius 1 is 1.06 bits per heavy atom. The Hall–Kier alpha value is -1.88. The lowest BCUT2D eigenvalue weighted by Gasteiger charge is -2.57. The molecule has 31 heavy (non-hydrogen) atoms. The van der Waals surface area contributed by atoms with E-state index in [0.717, 1.165) is 51.2 Å². The molecular weight excluding hydrogens is 386 g/mol. The first kappa shape index (κ1) is 21.0. The first-order valence-corrected chi connectivity index (χ1v) is 11.8. The normalized spacial score (nSPS) is 30.3. The molecule has 166 valence electrons. The molecular formula is C27H35NO3. The van der Waals surface area contributed by atoms with Crippen LogP contribution in [0.25, 0.3) is 0 Å². The van der Waals surface area contributed by atoms with Gasteiger partial charge in [-0.2, -0.15) is 0 Å². The van der Waals surface area contributed by atoms with Gasteiger partial charge in [0.2, 0.25) is 0 Å². The van der Waals surface area contributed by atoms with Gasteiger partial charge in [0.25, 0.3) is 0 Å². The summed E-state index contributed by atoms with van der Waals surface area (Å²) in [5, 5.41) is 0. The molecule has 0 N–H and O–H groups in total. The SMILES string of the molecule is Cc1ccc(OCc2ccccc2)cc1[C@]12CCN(C)C(C)C1CCC1(C2)OCCO1. The third-order valence-electron chi connectivity index (χ3n) is 8.13. The predicted molar refractivity (Wildman–Crippen MR) is 122 cm³/mol. The van der Waals surface area contributed by atoms with E-state index in [1.54, 1.807) is 0 Å². The quantitative estimate of drug-likeness (QED) is 0.689. The second kappa shape index (κ2) is 8.23. The summed E-state index contributed by atoms with van der Waals surface area (Å²) in [6, 6.07) is 17.6. The molecule has 3 aliphatic rings. The van der Waals surface area contributed by atoms with Gasteiger partial charge in [-0.05, 0) is 75.0 Å². The third kappa shape index (κ3) is 3.79. The van der Waals surface area contributed by atoms with Crippen LogP contribution in [0.15, 0.2) is 48.5 Å². The van der Waals surface area contributed by atoms with Crippen molar-refractivity contribution in [1.29, 1.82) is 0 Å². The van der Waals surface area contributed by atoms with Crippen molar-refractivity contribution in [2.45, 2.75) is 63.4 Å². The zero-order chi connectivity index (χ0) is 21.5. The number of nitrogens with zero attached hydrogens (tertiary/aromatic N) is 1. The molecule has 4 heteroatoms. The highest BCUT2D eigenvalue weighted by atomic mass is 16.7. The van der Waals surface area contributed by atoms with Gasteiger partial charge in [-0.25, -0.2) is 0 Å². The number of ether oxygens (including phenoxy) is 3. The summed E-state index contributed by atoms with van der Waals surface area (Å²) in [7, 11) is 2.27. The molecule has 3 fully saturated rings. The number of benzene rings is 2. The smallest absolute Gasteiger partial charge is 0.169 e. The maximum absolute atomic E-state index is 6.25. The highest BCUT2D eigenvalue weighted by Crippen LogP contribution is 2.56. The van der Waals surface area contributed by atoms with Crippen LogP contribution in [0, 0.1) is 12.8 Å². The molecule has 4 nitrogen and oxygen atoms in total. The number of aryl methyl sites for hydroxylation is 1. The zero-order valence-electron chi connectivity index (χ0n) is 19.1. The van der Waals surface area contributed by atoms with Crippen LogP contribution in [-0.4, -0.2) is 43.5 Å². The maximum atomic E-state index is 6.25. The Balaban J connectivity index is 1.50. The van der Waals surface area contributed by atoms with E-state index in [-0.39, 0.29) is 5.41 Å². The van der Waals surface area contributed by atoms with E-state index in [2.05, 4.69) is 68.3 Å². The minimum Gasteiger partial charge on any atom is -0.489 e. The molecule has 2 saturated heterocycles. The molecule has 1 aliphatic carbocycles. The van der Waals surface area contributed by atoms with Crippen LogP contribution in [0.4, 0.5) is 0 Å². The molecule has 2 unspecified atom stereocenters. The summed E-state index contributed by atoms with van der Waals surface area (Å²) < 4.78 is 18.7. The van der Waals surface area contributed by atoms with Crippen molar-refractivity contribution in [1.82, 2.24) is 4.90 Å². The van der Waals surface area contributed by atoms with Crippen molar-refractivity contribution in [2.75, 3.05) is 26.8 Å². The van der Waals surface area contributed by atoms with E-state index in [0.29, 0.717) is 18.6 Å². The molecule has 2 heterocycles. The van der Waals surface area contributed by atoms with Crippen LogP contribution in [0.5, 0.6) is 5.75 Å². The molecule has 2 aliphatic heterocycles. The largest absolute Gasteiger partial charge is 0.489 e. The van der Waals surface area contributed by atoms with Gasteiger partial charge in [-0.15, -0.1) is 0 Å². The fraction of sp³-hybridized carbons (Fsp3) is 0.556. The molecule has 1 saturated carbocycles. The third-order valence-corrected chi connectivity index (χ3v) is 8.13. The average molecular weight is 422 g/mol. The molecule has 2 aromatic carbocycles. The summed E-state index contributed by atoms with van der Waals surface area (Å²) in [5.41, 5.74) is 4.04. The lowest BCUT2D eigenvalue weighted by Crippen LogP contribution is -2.60. The Bertz CT molecular complexity index is 908. The summed E-state index contributed by atoms with van der Waals surface area (Å²) in [6.07, 6.45) is 4.22. The number of piperidine rings is 1. The van der Waals surface area contributed by atoms with Crippen molar-refractivity contribution in [3.63, 3.8) is 0 Å². The van der Waals surface area contributed by atoms with Crippen molar-refractivity contribution in [3.05, 3.63) is 65.2 Å². The van der Waals surface area contributed by atoms with Crippen LogP contribution in [0.1, 0.15) is 49.3 Å². The molecule has 5 rings (SSSR count). The summed E-state index contributed by atoms with van der Waals surface area (Å²) in [4.78, 5) is 2.53. The van der Waals surface area contributed by atoms with Crippen LogP contribution < -0.4 is 4.74 Å². The first-order chi connectivity index (χ1) is 15.0. The lowest BCUT2D eigenvalue weighted by molar-refractivity contribution is -0.210. The number of hydrogen-bond acceptors (Lipinski definition) is 4. The minimum absolute atomic E-state index is 0.0602. The van der Waals surface area contributed by atoms with E-state index in [1.165, 1.54) is 16.7 Å². The summed E-state index contributed by atoms with van der Waals surface area (Å²) >= 11 is 0. The van der Waals surface area contributed by atoms with Gasteiger partial charge in [0.1, 0.15) is 12.4 Å². The zero-order valence-corrected chi connectivity index (χ0v) is 19.1. The van der Waals surface area contributed by atoms with Crippen molar-refractivity contribution >= 4 is 0 Å². The minimum atomic E-state index is -0.403. The monoisotopic (exact) mass is 421 g/mol. The van der Waals surface area contributed by atoms with E-state index in [4.69, 9.17) is 14.2 Å². The Kier molecular flexibility index (Phi) is 5.58. The number of hydrogen-bond donors (Lipinski definition) is 0. The highest BCUT2D eigenvalue weighted by Gasteiger charge is 2.57. The van der Waals surface area contributed by atoms with Crippen molar-refractivity contribution < 1.29 is 14.2 Å². The van der Waals surface area contributed by atoms with Gasteiger partial charge in [-0.3, -0.25) is 0 Å². The lowest BCUT2D eigenvalue weighted by atomic mass is 9.55. The molecule has 1 spiro atoms. The molecule has 3 atom stereocenters. The van der Waals surface area contributed by atoms with Crippen LogP contribution in [-0.2, 0) is 21.5 Å². The van der Waals surface area contributed by atoms with Crippen molar-refractivity contribution in [2.24, 2.45) is 5.92 Å². The molecule has 2 aromatic rings. The fourth-order valence-electron chi connectivity index (χ4n) is 6.36. The molecule has 0 aromatic heterocycles. The Labute approximate surface area is 186 Å². The summed E-state index contributed by atoms with van der Waals surface area (Å²) in [6.45, 7) is 7.78. The predicted octanol–water partition coefficient (Wildman–Crippen LogP) is 5.08. The van der Waals surface area contributed by atoms with Crippen LogP contribution in [0.2, 0.25) is 0 Å². The number of fused-ring (bicyclic) bond motifs is 1. The van der Waals surface area contributed by atoms with Crippen LogP contribution in [0.3, 0.4) is 0 Å².